The number of carbonyl (C=O) groups is 1. The van der Waals surface area contributed by atoms with Crippen LogP contribution in [-0.2, 0) is 4.79 Å². The van der Waals surface area contributed by atoms with Crippen molar-refractivity contribution in [1.82, 2.24) is 5.32 Å². The maximum absolute atomic E-state index is 12.5. The van der Waals surface area contributed by atoms with E-state index in [0.29, 0.717) is 0 Å². The third-order valence-electron chi connectivity index (χ3n) is 5.10. The van der Waals surface area contributed by atoms with Crippen molar-refractivity contribution in [2.24, 2.45) is 11.7 Å². The molecular formula is C18H27N3O2. The molecule has 2 aliphatic rings. The predicted octanol–water partition coefficient (Wildman–Crippen LogP) is 1.91. The summed E-state index contributed by atoms with van der Waals surface area (Å²) in [6, 6.07) is 8.29. The van der Waals surface area contributed by atoms with Crippen molar-refractivity contribution >= 4 is 11.6 Å². The number of hydrogen-bond acceptors (Lipinski definition) is 4. The van der Waals surface area contributed by atoms with Crippen molar-refractivity contribution in [1.29, 1.82) is 0 Å². The van der Waals surface area contributed by atoms with E-state index in [-0.39, 0.29) is 23.9 Å². The van der Waals surface area contributed by atoms with Crippen molar-refractivity contribution in [2.75, 3.05) is 25.1 Å². The van der Waals surface area contributed by atoms with E-state index in [2.05, 4.69) is 16.3 Å². The second-order valence-corrected chi connectivity index (χ2v) is 6.67. The average Bonchev–Trinajstić information content (AvgIpc) is 3.01. The van der Waals surface area contributed by atoms with Gasteiger partial charge in [0.2, 0.25) is 5.91 Å². The Labute approximate surface area is 138 Å². The summed E-state index contributed by atoms with van der Waals surface area (Å²) < 4.78 is 5.46. The summed E-state index contributed by atoms with van der Waals surface area (Å²) in [6.45, 7) is 1.82. The van der Waals surface area contributed by atoms with Crippen LogP contribution in [0.25, 0.3) is 0 Å². The minimum Gasteiger partial charge on any atom is -0.495 e. The second kappa shape index (κ2) is 7.21. The van der Waals surface area contributed by atoms with Crippen LogP contribution in [0.15, 0.2) is 24.3 Å². The molecule has 1 heterocycles. The number of nitrogens with one attached hydrogen (secondary N) is 1. The Morgan fingerprint density at radius 1 is 1.26 bits per heavy atom. The number of methoxy groups -OCH3 is 1. The Balaban J connectivity index is 1.63. The van der Waals surface area contributed by atoms with Crippen LogP contribution in [-0.4, -0.2) is 38.2 Å². The van der Waals surface area contributed by atoms with Gasteiger partial charge in [0.05, 0.1) is 18.7 Å². The van der Waals surface area contributed by atoms with Gasteiger partial charge >= 0.3 is 0 Å². The van der Waals surface area contributed by atoms with Gasteiger partial charge in [-0.05, 0) is 37.8 Å². The van der Waals surface area contributed by atoms with Gasteiger partial charge in [-0.3, -0.25) is 4.79 Å². The number of anilines is 1. The van der Waals surface area contributed by atoms with Crippen molar-refractivity contribution in [3.63, 3.8) is 0 Å². The molecule has 3 rings (SSSR count). The van der Waals surface area contributed by atoms with Crippen LogP contribution in [0.3, 0.4) is 0 Å². The standard InChI is InChI=1S/C18H27N3O2/c1-23-17-10-3-2-9-16(17)21-11-5-6-13(12-21)20-18(22)14-7-4-8-15(14)19/h2-3,9-10,13-15H,4-8,11-12,19H2,1H3,(H,20,22)/t13-,14+,15+/m0/s1. The smallest absolute Gasteiger partial charge is 0.224 e. The Morgan fingerprint density at radius 2 is 2.09 bits per heavy atom. The van der Waals surface area contributed by atoms with Crippen LogP contribution in [0.4, 0.5) is 5.69 Å². The summed E-state index contributed by atoms with van der Waals surface area (Å²) in [7, 11) is 1.70. The van der Waals surface area contributed by atoms with Gasteiger partial charge in [-0.1, -0.05) is 18.6 Å². The van der Waals surface area contributed by atoms with Gasteiger partial charge < -0.3 is 20.7 Å². The van der Waals surface area contributed by atoms with Gasteiger partial charge in [0, 0.05) is 25.2 Å². The first-order valence-corrected chi connectivity index (χ1v) is 8.63. The molecule has 0 bridgehead atoms. The highest BCUT2D eigenvalue weighted by Crippen LogP contribution is 2.30. The molecule has 0 spiro atoms. The molecule has 1 aliphatic heterocycles. The number of hydrogen-bond donors (Lipinski definition) is 2. The van der Waals surface area contributed by atoms with E-state index in [1.165, 1.54) is 0 Å². The summed E-state index contributed by atoms with van der Waals surface area (Å²) in [4.78, 5) is 14.8. The number of amides is 1. The number of ether oxygens (including phenoxy) is 1. The van der Waals surface area contributed by atoms with Crippen molar-refractivity contribution in [3.05, 3.63) is 24.3 Å². The topological polar surface area (TPSA) is 67.6 Å². The van der Waals surface area contributed by atoms with Crippen LogP contribution in [0.5, 0.6) is 5.75 Å². The predicted molar refractivity (Wildman–Crippen MR) is 91.7 cm³/mol. The molecule has 1 aromatic carbocycles. The molecule has 23 heavy (non-hydrogen) atoms. The lowest BCUT2D eigenvalue weighted by atomic mass is 10.0. The minimum absolute atomic E-state index is 0.00311. The van der Waals surface area contributed by atoms with Gasteiger partial charge in [0.1, 0.15) is 5.75 Å². The lowest BCUT2D eigenvalue weighted by molar-refractivity contribution is -0.125. The van der Waals surface area contributed by atoms with Crippen LogP contribution in [0.1, 0.15) is 32.1 Å². The minimum atomic E-state index is -0.00311. The molecule has 126 valence electrons. The van der Waals surface area contributed by atoms with Gasteiger partial charge in [-0.2, -0.15) is 0 Å². The van der Waals surface area contributed by atoms with Gasteiger partial charge in [0.25, 0.3) is 0 Å². The van der Waals surface area contributed by atoms with Gasteiger partial charge in [-0.25, -0.2) is 0 Å². The van der Waals surface area contributed by atoms with Crippen molar-refractivity contribution < 1.29 is 9.53 Å². The maximum atomic E-state index is 12.5. The van der Waals surface area contributed by atoms with E-state index in [0.717, 1.165) is 56.6 Å². The van der Waals surface area contributed by atoms with E-state index in [1.54, 1.807) is 7.11 Å². The molecule has 1 saturated heterocycles. The fourth-order valence-electron chi connectivity index (χ4n) is 3.83. The van der Waals surface area contributed by atoms with E-state index in [9.17, 15) is 4.79 Å². The molecule has 0 radical (unpaired) electrons. The molecule has 0 aromatic heterocycles. The molecule has 1 aromatic rings. The highest BCUT2D eigenvalue weighted by atomic mass is 16.5. The highest BCUT2D eigenvalue weighted by molar-refractivity contribution is 5.80. The average molecular weight is 317 g/mol. The molecule has 5 nitrogen and oxygen atoms in total. The summed E-state index contributed by atoms with van der Waals surface area (Å²) in [5.74, 6) is 1.02. The number of piperidine rings is 1. The first-order valence-electron chi connectivity index (χ1n) is 8.63. The SMILES string of the molecule is COc1ccccc1N1CCC[C@H](NC(=O)[C@@H]2CCC[C@H]2N)C1. The van der Waals surface area contributed by atoms with Gasteiger partial charge in [0.15, 0.2) is 0 Å². The fourth-order valence-corrected chi connectivity index (χ4v) is 3.83. The van der Waals surface area contributed by atoms with Crippen molar-refractivity contribution in [2.45, 2.75) is 44.2 Å². The fraction of sp³-hybridized carbons (Fsp3) is 0.611. The Bertz CT molecular complexity index is 549. The number of nitrogens with zero attached hydrogens (tertiary/aromatic N) is 1. The zero-order valence-electron chi connectivity index (χ0n) is 13.8. The Hall–Kier alpha value is -1.75. The number of carbonyl (C=O) groups excluding carboxylic acids is 1. The van der Waals surface area contributed by atoms with E-state index in [4.69, 9.17) is 10.5 Å². The first kappa shape index (κ1) is 16.1. The summed E-state index contributed by atoms with van der Waals surface area (Å²) in [6.07, 6.45) is 5.06. The van der Waals surface area contributed by atoms with E-state index in [1.807, 2.05) is 18.2 Å². The molecule has 1 aliphatic carbocycles. The highest BCUT2D eigenvalue weighted by Gasteiger charge is 2.32. The van der Waals surface area contributed by atoms with Gasteiger partial charge in [-0.15, -0.1) is 0 Å². The third-order valence-corrected chi connectivity index (χ3v) is 5.10. The molecule has 3 N–H and O–H groups in total. The van der Waals surface area contributed by atoms with Crippen LogP contribution >= 0.6 is 0 Å². The maximum Gasteiger partial charge on any atom is 0.224 e. The summed E-state index contributed by atoms with van der Waals surface area (Å²) >= 11 is 0. The zero-order valence-corrected chi connectivity index (χ0v) is 13.8. The number of nitrogens with two attached hydrogens (primary N) is 1. The molecular weight excluding hydrogens is 290 g/mol. The third kappa shape index (κ3) is 3.61. The first-order chi connectivity index (χ1) is 11.2. The number of benzene rings is 1. The second-order valence-electron chi connectivity index (χ2n) is 6.67. The molecule has 2 fully saturated rings. The lowest BCUT2D eigenvalue weighted by Crippen LogP contribution is -2.50. The Morgan fingerprint density at radius 3 is 2.83 bits per heavy atom. The number of rotatable bonds is 4. The molecule has 5 heteroatoms. The molecule has 1 amide bonds. The lowest BCUT2D eigenvalue weighted by Gasteiger charge is -2.36. The number of para-hydroxylation sites is 2. The summed E-state index contributed by atoms with van der Waals surface area (Å²) in [5, 5.41) is 3.23. The van der Waals surface area contributed by atoms with Crippen LogP contribution in [0, 0.1) is 5.92 Å². The Kier molecular flexibility index (Phi) is 5.06. The zero-order chi connectivity index (χ0) is 16.2. The summed E-state index contributed by atoms with van der Waals surface area (Å²) in [5.41, 5.74) is 7.16. The van der Waals surface area contributed by atoms with E-state index >= 15 is 0 Å². The largest absolute Gasteiger partial charge is 0.495 e. The molecule has 0 unspecified atom stereocenters. The quantitative estimate of drug-likeness (QED) is 0.890. The van der Waals surface area contributed by atoms with Crippen LogP contribution < -0.4 is 20.7 Å². The van der Waals surface area contributed by atoms with E-state index < -0.39 is 0 Å². The van der Waals surface area contributed by atoms with Crippen molar-refractivity contribution in [3.8, 4) is 5.75 Å². The molecule has 3 atom stereocenters. The monoisotopic (exact) mass is 317 g/mol. The van der Waals surface area contributed by atoms with Crippen LogP contribution in [0.2, 0.25) is 0 Å². The normalized spacial score (nSPS) is 27.7. The molecule has 1 saturated carbocycles.